The maximum absolute atomic E-state index is 5.62. The average molecular weight is 247 g/mol. The van der Waals surface area contributed by atoms with Crippen LogP contribution in [0.3, 0.4) is 0 Å². The summed E-state index contributed by atoms with van der Waals surface area (Å²) in [5.74, 6) is -0.467. The third kappa shape index (κ3) is 2.32. The molecule has 18 heavy (non-hydrogen) atoms. The van der Waals surface area contributed by atoms with Gasteiger partial charge in [-0.15, -0.1) is 0 Å². The molecular formula is C13H17N3O2. The molecule has 1 fully saturated rings. The summed E-state index contributed by atoms with van der Waals surface area (Å²) in [6, 6.07) is 6.30. The van der Waals surface area contributed by atoms with Gasteiger partial charge < -0.3 is 14.8 Å². The Morgan fingerprint density at radius 1 is 1.33 bits per heavy atom. The van der Waals surface area contributed by atoms with Crippen molar-refractivity contribution in [2.75, 3.05) is 18.5 Å². The summed E-state index contributed by atoms with van der Waals surface area (Å²) in [5.41, 5.74) is 2.07. The van der Waals surface area contributed by atoms with Crippen LogP contribution >= 0.6 is 0 Å². The van der Waals surface area contributed by atoms with Crippen LogP contribution in [0.25, 0.3) is 10.9 Å². The SMILES string of the molecule is CC1(C)OCC(Nc2ccc3cn[nH]c3c2)CO1. The zero-order chi connectivity index (χ0) is 12.6. The smallest absolute Gasteiger partial charge is 0.162 e. The monoisotopic (exact) mass is 247 g/mol. The number of nitrogens with one attached hydrogen (secondary N) is 2. The van der Waals surface area contributed by atoms with Gasteiger partial charge >= 0.3 is 0 Å². The molecule has 0 saturated carbocycles. The minimum absolute atomic E-state index is 0.179. The van der Waals surface area contributed by atoms with Gasteiger partial charge in [-0.25, -0.2) is 0 Å². The van der Waals surface area contributed by atoms with E-state index < -0.39 is 5.79 Å². The second-order valence-electron chi connectivity index (χ2n) is 5.04. The Bertz CT molecular complexity index is 540. The molecule has 1 saturated heterocycles. The third-order valence-corrected chi connectivity index (χ3v) is 3.08. The van der Waals surface area contributed by atoms with Crippen molar-refractivity contribution in [3.63, 3.8) is 0 Å². The quantitative estimate of drug-likeness (QED) is 0.853. The standard InChI is InChI=1S/C13H17N3O2/c1-13(2)17-7-11(8-18-13)15-10-4-3-9-6-14-16-12(9)5-10/h3-6,11,15H,7-8H2,1-2H3,(H,14,16). The Labute approximate surface area is 105 Å². The molecule has 0 bridgehead atoms. The Morgan fingerprint density at radius 3 is 2.89 bits per heavy atom. The lowest BCUT2D eigenvalue weighted by Gasteiger charge is -2.35. The number of rotatable bonds is 2. The summed E-state index contributed by atoms with van der Waals surface area (Å²) < 4.78 is 11.2. The van der Waals surface area contributed by atoms with Crippen molar-refractivity contribution >= 4 is 16.6 Å². The molecule has 2 heterocycles. The van der Waals surface area contributed by atoms with Crippen molar-refractivity contribution in [2.24, 2.45) is 0 Å². The number of aromatic amines is 1. The number of H-pyrrole nitrogens is 1. The van der Waals surface area contributed by atoms with Crippen molar-refractivity contribution in [3.05, 3.63) is 24.4 Å². The lowest BCUT2D eigenvalue weighted by molar-refractivity contribution is -0.247. The molecular weight excluding hydrogens is 230 g/mol. The number of anilines is 1. The van der Waals surface area contributed by atoms with Crippen LogP contribution in [0, 0.1) is 0 Å². The molecule has 0 radical (unpaired) electrons. The number of nitrogens with zero attached hydrogens (tertiary/aromatic N) is 1. The fourth-order valence-corrected chi connectivity index (χ4v) is 2.04. The highest BCUT2D eigenvalue weighted by Crippen LogP contribution is 2.21. The molecule has 2 aromatic rings. The van der Waals surface area contributed by atoms with E-state index in [1.165, 1.54) is 0 Å². The largest absolute Gasteiger partial charge is 0.378 e. The molecule has 1 aliphatic heterocycles. The van der Waals surface area contributed by atoms with Crippen LogP contribution in [0.4, 0.5) is 5.69 Å². The van der Waals surface area contributed by atoms with E-state index >= 15 is 0 Å². The number of aromatic nitrogens is 2. The van der Waals surface area contributed by atoms with Crippen LogP contribution in [-0.4, -0.2) is 35.2 Å². The van der Waals surface area contributed by atoms with Gasteiger partial charge in [-0.3, -0.25) is 5.10 Å². The Morgan fingerprint density at radius 2 is 2.11 bits per heavy atom. The fraction of sp³-hybridized carbons (Fsp3) is 0.462. The van der Waals surface area contributed by atoms with Crippen molar-refractivity contribution in [1.29, 1.82) is 0 Å². The maximum atomic E-state index is 5.62. The zero-order valence-corrected chi connectivity index (χ0v) is 10.6. The van der Waals surface area contributed by atoms with Gasteiger partial charge in [0.15, 0.2) is 5.79 Å². The van der Waals surface area contributed by atoms with E-state index in [0.29, 0.717) is 13.2 Å². The Hall–Kier alpha value is -1.59. The number of fused-ring (bicyclic) bond motifs is 1. The molecule has 3 rings (SSSR count). The first-order chi connectivity index (χ1) is 8.62. The molecule has 0 spiro atoms. The van der Waals surface area contributed by atoms with E-state index in [1.54, 1.807) is 0 Å². The van der Waals surface area contributed by atoms with Gasteiger partial charge in [0.2, 0.25) is 0 Å². The second kappa shape index (κ2) is 4.26. The fourth-order valence-electron chi connectivity index (χ4n) is 2.04. The van der Waals surface area contributed by atoms with Crippen molar-refractivity contribution in [3.8, 4) is 0 Å². The molecule has 0 unspecified atom stereocenters. The molecule has 1 aromatic heterocycles. The van der Waals surface area contributed by atoms with Crippen molar-refractivity contribution < 1.29 is 9.47 Å². The average Bonchev–Trinajstić information content (AvgIpc) is 2.79. The first-order valence-electron chi connectivity index (χ1n) is 6.10. The van der Waals surface area contributed by atoms with Gasteiger partial charge in [0, 0.05) is 11.1 Å². The van der Waals surface area contributed by atoms with E-state index in [2.05, 4.69) is 15.5 Å². The van der Waals surface area contributed by atoms with Gasteiger partial charge in [0.1, 0.15) is 0 Å². The van der Waals surface area contributed by atoms with Gasteiger partial charge in [0.05, 0.1) is 31.0 Å². The highest BCUT2D eigenvalue weighted by atomic mass is 16.7. The highest BCUT2D eigenvalue weighted by molar-refractivity contribution is 5.81. The summed E-state index contributed by atoms with van der Waals surface area (Å²) >= 11 is 0. The van der Waals surface area contributed by atoms with E-state index in [0.717, 1.165) is 16.6 Å². The molecule has 0 amide bonds. The van der Waals surface area contributed by atoms with Crippen LogP contribution in [0.2, 0.25) is 0 Å². The number of hydrogen-bond donors (Lipinski definition) is 2. The highest BCUT2D eigenvalue weighted by Gasteiger charge is 2.28. The number of benzene rings is 1. The molecule has 2 N–H and O–H groups in total. The van der Waals surface area contributed by atoms with Crippen LogP contribution in [0.1, 0.15) is 13.8 Å². The van der Waals surface area contributed by atoms with Crippen molar-refractivity contribution in [2.45, 2.75) is 25.7 Å². The second-order valence-corrected chi connectivity index (χ2v) is 5.04. The first kappa shape index (κ1) is 11.5. The Kier molecular flexibility index (Phi) is 2.72. The van der Waals surface area contributed by atoms with Gasteiger partial charge in [-0.1, -0.05) is 0 Å². The van der Waals surface area contributed by atoms with Crippen LogP contribution in [-0.2, 0) is 9.47 Å². The third-order valence-electron chi connectivity index (χ3n) is 3.08. The predicted molar refractivity (Wildman–Crippen MR) is 69.5 cm³/mol. The summed E-state index contributed by atoms with van der Waals surface area (Å²) in [7, 11) is 0. The first-order valence-corrected chi connectivity index (χ1v) is 6.10. The van der Waals surface area contributed by atoms with Crippen molar-refractivity contribution in [1.82, 2.24) is 10.2 Å². The summed E-state index contributed by atoms with van der Waals surface area (Å²) in [6.07, 6.45) is 1.81. The minimum atomic E-state index is -0.467. The summed E-state index contributed by atoms with van der Waals surface area (Å²) in [4.78, 5) is 0. The summed E-state index contributed by atoms with van der Waals surface area (Å²) in [5, 5.41) is 11.5. The van der Waals surface area contributed by atoms with E-state index in [-0.39, 0.29) is 6.04 Å². The lowest BCUT2D eigenvalue weighted by atomic mass is 10.2. The molecule has 5 nitrogen and oxygen atoms in total. The number of hydrogen-bond acceptors (Lipinski definition) is 4. The zero-order valence-electron chi connectivity index (χ0n) is 10.6. The molecule has 1 aliphatic rings. The topological polar surface area (TPSA) is 59.2 Å². The number of ether oxygens (including phenoxy) is 2. The van der Waals surface area contributed by atoms with Crippen LogP contribution in [0.5, 0.6) is 0 Å². The maximum Gasteiger partial charge on any atom is 0.162 e. The van der Waals surface area contributed by atoms with E-state index in [4.69, 9.17) is 9.47 Å². The van der Waals surface area contributed by atoms with Crippen LogP contribution in [0.15, 0.2) is 24.4 Å². The predicted octanol–water partition coefficient (Wildman–Crippen LogP) is 2.13. The van der Waals surface area contributed by atoms with E-state index in [1.807, 2.05) is 38.2 Å². The molecule has 5 heteroatoms. The van der Waals surface area contributed by atoms with Gasteiger partial charge in [0.25, 0.3) is 0 Å². The normalized spacial score (nSPS) is 20.1. The van der Waals surface area contributed by atoms with Gasteiger partial charge in [-0.05, 0) is 32.0 Å². The van der Waals surface area contributed by atoms with Crippen LogP contribution < -0.4 is 5.32 Å². The molecule has 1 aromatic carbocycles. The Balaban J connectivity index is 1.69. The van der Waals surface area contributed by atoms with Gasteiger partial charge in [-0.2, -0.15) is 5.10 Å². The minimum Gasteiger partial charge on any atom is -0.378 e. The lowest BCUT2D eigenvalue weighted by Crippen LogP contribution is -2.45. The molecule has 0 aliphatic carbocycles. The molecule has 96 valence electrons. The summed E-state index contributed by atoms with van der Waals surface area (Å²) in [6.45, 7) is 5.15. The molecule has 0 atom stereocenters. The van der Waals surface area contributed by atoms with E-state index in [9.17, 15) is 0 Å².